The molecule has 1 heterocycles. The number of aromatic hydroxyl groups is 1. The lowest BCUT2D eigenvalue weighted by atomic mass is 9.97. The van der Waals surface area contributed by atoms with E-state index in [0.717, 1.165) is 0 Å². The van der Waals surface area contributed by atoms with Gasteiger partial charge < -0.3 is 19.5 Å². The van der Waals surface area contributed by atoms with Crippen molar-refractivity contribution in [1.82, 2.24) is 4.90 Å². The highest BCUT2D eigenvalue weighted by Crippen LogP contribution is 2.24. The van der Waals surface area contributed by atoms with Gasteiger partial charge in [-0.25, -0.2) is 0 Å². The molecule has 0 unspecified atom stereocenters. The van der Waals surface area contributed by atoms with Gasteiger partial charge in [-0.2, -0.15) is 0 Å². The van der Waals surface area contributed by atoms with Crippen LogP contribution in [-0.2, 0) is 14.3 Å². The third kappa shape index (κ3) is 3.87. The van der Waals surface area contributed by atoms with E-state index in [9.17, 15) is 14.7 Å². The second kappa shape index (κ2) is 6.97. The van der Waals surface area contributed by atoms with Gasteiger partial charge in [-0.1, -0.05) is 12.1 Å². The SMILES string of the molecule is COC(=O)C1CCN(C(=O)COc2ccccc2O)CC1. The minimum atomic E-state index is -0.215. The van der Waals surface area contributed by atoms with Crippen LogP contribution in [-0.4, -0.2) is 48.7 Å². The lowest BCUT2D eigenvalue weighted by Gasteiger charge is -2.30. The van der Waals surface area contributed by atoms with Crippen LogP contribution in [0.1, 0.15) is 12.8 Å². The van der Waals surface area contributed by atoms with E-state index in [0.29, 0.717) is 25.9 Å². The summed E-state index contributed by atoms with van der Waals surface area (Å²) in [6, 6.07) is 6.51. The van der Waals surface area contributed by atoms with Gasteiger partial charge >= 0.3 is 5.97 Å². The number of amides is 1. The summed E-state index contributed by atoms with van der Waals surface area (Å²) < 4.78 is 10.0. The number of benzene rings is 1. The molecule has 1 amide bonds. The topological polar surface area (TPSA) is 76.1 Å². The van der Waals surface area contributed by atoms with Crippen molar-refractivity contribution in [3.63, 3.8) is 0 Å². The summed E-state index contributed by atoms with van der Waals surface area (Å²) in [5.41, 5.74) is 0. The predicted molar refractivity (Wildman–Crippen MR) is 74.9 cm³/mol. The van der Waals surface area contributed by atoms with Gasteiger partial charge in [-0.3, -0.25) is 9.59 Å². The van der Waals surface area contributed by atoms with E-state index in [4.69, 9.17) is 9.47 Å². The molecular formula is C15H19NO5. The molecule has 0 spiro atoms. The highest BCUT2D eigenvalue weighted by atomic mass is 16.5. The number of rotatable bonds is 4. The quantitative estimate of drug-likeness (QED) is 0.844. The number of likely N-dealkylation sites (tertiary alicyclic amines) is 1. The van der Waals surface area contributed by atoms with Crippen LogP contribution in [0.25, 0.3) is 0 Å². The van der Waals surface area contributed by atoms with Gasteiger partial charge in [0, 0.05) is 13.1 Å². The molecule has 1 aromatic rings. The molecule has 1 aromatic carbocycles. The molecule has 1 N–H and O–H groups in total. The highest BCUT2D eigenvalue weighted by Gasteiger charge is 2.27. The zero-order valence-electron chi connectivity index (χ0n) is 11.9. The van der Waals surface area contributed by atoms with E-state index in [1.54, 1.807) is 23.1 Å². The smallest absolute Gasteiger partial charge is 0.308 e. The normalized spacial score (nSPS) is 15.6. The molecule has 1 fully saturated rings. The molecule has 1 aliphatic heterocycles. The van der Waals surface area contributed by atoms with Crippen molar-refractivity contribution in [2.24, 2.45) is 5.92 Å². The first-order chi connectivity index (χ1) is 10.1. The average molecular weight is 293 g/mol. The highest BCUT2D eigenvalue weighted by molar-refractivity contribution is 5.78. The van der Waals surface area contributed by atoms with Gasteiger partial charge in [-0.05, 0) is 25.0 Å². The number of carbonyl (C=O) groups excluding carboxylic acids is 2. The predicted octanol–water partition coefficient (Wildman–Crippen LogP) is 1.18. The molecule has 1 saturated heterocycles. The van der Waals surface area contributed by atoms with Gasteiger partial charge in [0.2, 0.25) is 0 Å². The van der Waals surface area contributed by atoms with Crippen molar-refractivity contribution >= 4 is 11.9 Å². The summed E-state index contributed by atoms with van der Waals surface area (Å²) in [6.45, 7) is 0.909. The zero-order chi connectivity index (χ0) is 15.2. The Morgan fingerprint density at radius 2 is 1.95 bits per heavy atom. The van der Waals surface area contributed by atoms with Crippen LogP contribution in [0, 0.1) is 5.92 Å². The van der Waals surface area contributed by atoms with Crippen LogP contribution in [0.2, 0.25) is 0 Å². The largest absolute Gasteiger partial charge is 0.504 e. The van der Waals surface area contributed by atoms with Crippen LogP contribution in [0.15, 0.2) is 24.3 Å². The molecule has 0 aromatic heterocycles. The van der Waals surface area contributed by atoms with Gasteiger partial charge in [0.15, 0.2) is 18.1 Å². The summed E-state index contributed by atoms with van der Waals surface area (Å²) in [6.07, 6.45) is 1.21. The van der Waals surface area contributed by atoms with Crippen molar-refractivity contribution in [2.45, 2.75) is 12.8 Å². The molecule has 0 bridgehead atoms. The second-order valence-electron chi connectivity index (χ2n) is 4.93. The Morgan fingerprint density at radius 3 is 2.57 bits per heavy atom. The van der Waals surface area contributed by atoms with E-state index in [1.807, 2.05) is 0 Å². The fraction of sp³-hybridized carbons (Fsp3) is 0.467. The summed E-state index contributed by atoms with van der Waals surface area (Å²) >= 11 is 0. The Balaban J connectivity index is 1.80. The Bertz CT molecular complexity index is 509. The molecule has 0 aliphatic carbocycles. The van der Waals surface area contributed by atoms with Crippen molar-refractivity contribution in [3.8, 4) is 11.5 Å². The Kier molecular flexibility index (Phi) is 5.03. The maximum Gasteiger partial charge on any atom is 0.308 e. The van der Waals surface area contributed by atoms with Crippen molar-refractivity contribution in [2.75, 3.05) is 26.8 Å². The number of nitrogens with zero attached hydrogens (tertiary/aromatic N) is 1. The molecule has 0 saturated carbocycles. The first kappa shape index (κ1) is 15.2. The number of para-hydroxylation sites is 2. The van der Waals surface area contributed by atoms with Gasteiger partial charge in [0.25, 0.3) is 5.91 Å². The lowest BCUT2D eigenvalue weighted by molar-refractivity contribution is -0.149. The summed E-state index contributed by atoms with van der Waals surface area (Å²) in [4.78, 5) is 25.1. The number of phenols is 1. The van der Waals surface area contributed by atoms with Crippen LogP contribution in [0.5, 0.6) is 11.5 Å². The summed E-state index contributed by atoms with van der Waals surface area (Å²) in [5.74, 6) is -0.197. The first-order valence-corrected chi connectivity index (χ1v) is 6.88. The van der Waals surface area contributed by atoms with E-state index < -0.39 is 0 Å². The molecule has 0 atom stereocenters. The van der Waals surface area contributed by atoms with Crippen molar-refractivity contribution < 1.29 is 24.2 Å². The number of phenolic OH excluding ortho intramolecular Hbond substituents is 1. The maximum atomic E-state index is 12.0. The summed E-state index contributed by atoms with van der Waals surface area (Å²) in [5, 5.41) is 9.56. The Hall–Kier alpha value is -2.24. The molecule has 2 rings (SSSR count). The van der Waals surface area contributed by atoms with E-state index in [2.05, 4.69) is 0 Å². The van der Waals surface area contributed by atoms with Crippen LogP contribution < -0.4 is 4.74 Å². The molecule has 114 valence electrons. The minimum absolute atomic E-state index is 0.00898. The minimum Gasteiger partial charge on any atom is -0.504 e. The second-order valence-corrected chi connectivity index (χ2v) is 4.93. The van der Waals surface area contributed by atoms with Crippen LogP contribution in [0.3, 0.4) is 0 Å². The van der Waals surface area contributed by atoms with Crippen LogP contribution >= 0.6 is 0 Å². The van der Waals surface area contributed by atoms with Gasteiger partial charge in [-0.15, -0.1) is 0 Å². The molecule has 21 heavy (non-hydrogen) atoms. The average Bonchev–Trinajstić information content (AvgIpc) is 2.53. The molecule has 6 heteroatoms. The number of carbonyl (C=O) groups is 2. The maximum absolute atomic E-state index is 12.0. The third-order valence-corrected chi connectivity index (χ3v) is 3.60. The van der Waals surface area contributed by atoms with Crippen LogP contribution in [0.4, 0.5) is 0 Å². The van der Waals surface area contributed by atoms with Crippen molar-refractivity contribution in [3.05, 3.63) is 24.3 Å². The third-order valence-electron chi connectivity index (χ3n) is 3.60. The van der Waals surface area contributed by atoms with Gasteiger partial charge in [0.1, 0.15) is 0 Å². The lowest BCUT2D eigenvalue weighted by Crippen LogP contribution is -2.42. The number of hydrogen-bond donors (Lipinski definition) is 1. The zero-order valence-corrected chi connectivity index (χ0v) is 11.9. The fourth-order valence-electron chi connectivity index (χ4n) is 2.34. The molecule has 1 aliphatic rings. The van der Waals surface area contributed by atoms with Crippen molar-refractivity contribution in [1.29, 1.82) is 0 Å². The number of esters is 1. The Labute approximate surface area is 123 Å². The molecule has 0 radical (unpaired) electrons. The molecule has 6 nitrogen and oxygen atoms in total. The summed E-state index contributed by atoms with van der Waals surface area (Å²) in [7, 11) is 1.38. The van der Waals surface area contributed by atoms with E-state index in [1.165, 1.54) is 13.2 Å². The van der Waals surface area contributed by atoms with Gasteiger partial charge in [0.05, 0.1) is 13.0 Å². The number of methoxy groups -OCH3 is 1. The molecular weight excluding hydrogens is 274 g/mol. The Morgan fingerprint density at radius 1 is 1.29 bits per heavy atom. The standard InChI is InChI=1S/C15H19NO5/c1-20-15(19)11-6-8-16(9-7-11)14(18)10-21-13-5-3-2-4-12(13)17/h2-5,11,17H,6-10H2,1H3. The monoisotopic (exact) mass is 293 g/mol. The van der Waals surface area contributed by atoms with E-state index >= 15 is 0 Å². The number of hydrogen-bond acceptors (Lipinski definition) is 5. The number of ether oxygens (including phenoxy) is 2. The first-order valence-electron chi connectivity index (χ1n) is 6.88. The number of piperidine rings is 1. The fourth-order valence-corrected chi connectivity index (χ4v) is 2.34. The van der Waals surface area contributed by atoms with E-state index in [-0.39, 0.29) is 35.9 Å².